The van der Waals surface area contributed by atoms with Gasteiger partial charge in [-0.25, -0.2) is 9.59 Å². The second-order valence-corrected chi connectivity index (χ2v) is 12.6. The molecule has 0 aliphatic carbocycles. The van der Waals surface area contributed by atoms with Crippen LogP contribution < -0.4 is 10.1 Å². The number of carbonyl (C=O) groups excluding carboxylic acids is 4. The van der Waals surface area contributed by atoms with Crippen LogP contribution in [-0.4, -0.2) is 80.9 Å². The van der Waals surface area contributed by atoms with Crippen molar-refractivity contribution in [3.63, 3.8) is 0 Å². The van der Waals surface area contributed by atoms with E-state index in [1.54, 1.807) is 12.1 Å². The van der Waals surface area contributed by atoms with Crippen molar-refractivity contribution in [1.82, 2.24) is 15.1 Å². The molecular formula is C34H33BrN4O10S. The van der Waals surface area contributed by atoms with Crippen molar-refractivity contribution in [2.45, 2.75) is 31.6 Å². The van der Waals surface area contributed by atoms with Crippen LogP contribution in [-0.2, 0) is 41.8 Å². The number of non-ortho nitro benzene ring substituents is 1. The average molecular weight is 770 g/mol. The Morgan fingerprint density at radius 3 is 2.12 bits per heavy atom. The van der Waals surface area contributed by atoms with Gasteiger partial charge in [0.25, 0.3) is 11.6 Å². The number of hydrogen-bond acceptors (Lipinski definition) is 12. The van der Waals surface area contributed by atoms with Gasteiger partial charge in [-0.3, -0.25) is 24.6 Å². The standard InChI is InChI=1S/C28H29BrN4O9S.C6H4O/c1-18(34)30-23-25(35)32(26(23)43-28(37)42-17-19-5-3-2-4-6-19)24(22(15-29)31-11-13-40-14-12-31)27(36)41-16-20-7-9-21(10-8-20)33(38)39;1-2-5-4-6(3-1)7-5/h2-10,23,26H,11-17H2,1H3,(H,30,34);1-4H. The summed E-state index contributed by atoms with van der Waals surface area (Å²) in [7, 11) is 0. The van der Waals surface area contributed by atoms with Crippen LogP contribution in [0.5, 0.6) is 11.5 Å². The van der Waals surface area contributed by atoms with Crippen molar-refractivity contribution in [2.24, 2.45) is 0 Å². The molecule has 0 radical (unpaired) electrons. The quantitative estimate of drug-likeness (QED) is 0.0536. The zero-order valence-electron chi connectivity index (χ0n) is 26.8. The van der Waals surface area contributed by atoms with Gasteiger partial charge < -0.3 is 29.2 Å². The summed E-state index contributed by atoms with van der Waals surface area (Å²) in [5.41, 5.74) is 1.49. The van der Waals surface area contributed by atoms with E-state index < -0.39 is 39.4 Å². The van der Waals surface area contributed by atoms with E-state index in [2.05, 4.69) is 21.2 Å². The fourth-order valence-corrected chi connectivity index (χ4v) is 6.70. The van der Waals surface area contributed by atoms with Gasteiger partial charge in [0.05, 0.1) is 23.8 Å². The van der Waals surface area contributed by atoms with Gasteiger partial charge in [0.15, 0.2) is 5.70 Å². The van der Waals surface area contributed by atoms with E-state index in [1.165, 1.54) is 31.2 Å². The lowest BCUT2D eigenvalue weighted by molar-refractivity contribution is -0.384. The number of esters is 1. The Kier molecular flexibility index (Phi) is 12.5. The molecule has 1 N–H and O–H groups in total. The maximum absolute atomic E-state index is 13.7. The number of allylic oxidation sites excluding steroid dienone is 1. The molecular weight excluding hydrogens is 736 g/mol. The number of morpholine rings is 1. The summed E-state index contributed by atoms with van der Waals surface area (Å²) < 4.78 is 21.5. The second kappa shape index (κ2) is 17.1. The SMILES string of the molecule is CC(=O)NC1C(=O)N(C(C(=O)OCc2ccc([N+](=O)[O-])cc2)=C(CBr)N2CCOCC2)C1SC(=O)OCc1ccccc1.c1cc2cc(c1)O2. The Balaban J connectivity index is 0.000000608. The number of β-lactam (4-membered cyclic amide) rings is 1. The molecule has 0 saturated carbocycles. The number of nitro benzene ring substituents is 1. The van der Waals surface area contributed by atoms with Crippen LogP contribution in [0.2, 0.25) is 0 Å². The van der Waals surface area contributed by atoms with Gasteiger partial charge in [-0.1, -0.05) is 52.3 Å². The first-order chi connectivity index (χ1) is 24.1. The number of amides is 2. The Bertz CT molecular complexity index is 1730. The van der Waals surface area contributed by atoms with E-state index in [0.29, 0.717) is 49.3 Å². The number of likely N-dealkylation sites (tertiary alicyclic amines) is 1. The average Bonchev–Trinajstić information content (AvgIpc) is 3.12. The third-order valence-corrected chi connectivity index (χ3v) is 9.17. The first kappa shape index (κ1) is 36.4. The smallest absolute Gasteiger partial charge is 0.369 e. The third kappa shape index (κ3) is 9.19. The third-order valence-electron chi connectivity index (χ3n) is 7.60. The summed E-state index contributed by atoms with van der Waals surface area (Å²) in [6, 6.07) is 21.3. The van der Waals surface area contributed by atoms with E-state index in [0.717, 1.165) is 22.0 Å². The highest BCUT2D eigenvalue weighted by Gasteiger charge is 2.54. The monoisotopic (exact) mass is 768 g/mol. The molecule has 4 heterocycles. The largest absolute Gasteiger partial charge is 0.457 e. The molecule has 2 saturated heterocycles. The van der Waals surface area contributed by atoms with Crippen LogP contribution in [0, 0.1) is 10.1 Å². The number of ether oxygens (including phenoxy) is 4. The van der Waals surface area contributed by atoms with Crippen molar-refractivity contribution in [1.29, 1.82) is 0 Å². The van der Waals surface area contributed by atoms with Gasteiger partial charge in [0.2, 0.25) is 5.91 Å². The molecule has 0 spiro atoms. The van der Waals surface area contributed by atoms with Gasteiger partial charge in [-0.15, -0.1) is 0 Å². The highest BCUT2D eigenvalue weighted by atomic mass is 79.9. The van der Waals surface area contributed by atoms with E-state index in [-0.39, 0.29) is 29.9 Å². The fraction of sp³-hybridized carbons (Fsp3) is 0.294. The number of hydrogen-bond donors (Lipinski definition) is 1. The van der Waals surface area contributed by atoms with Gasteiger partial charge in [-0.05, 0) is 47.2 Å². The lowest BCUT2D eigenvalue weighted by Gasteiger charge is -2.47. The van der Waals surface area contributed by atoms with E-state index in [4.69, 9.17) is 18.9 Å². The zero-order valence-corrected chi connectivity index (χ0v) is 29.2. The van der Waals surface area contributed by atoms with Crippen LogP contribution in [0.15, 0.2) is 90.3 Å². The normalized spacial score (nSPS) is 17.8. The lowest BCUT2D eigenvalue weighted by atomic mass is 10.0. The number of alkyl halides is 1. The molecule has 0 aromatic heterocycles. The summed E-state index contributed by atoms with van der Waals surface area (Å²) >= 11 is 4.11. The molecule has 7 rings (SSSR count). The molecule has 4 aliphatic rings. The van der Waals surface area contributed by atoms with Crippen molar-refractivity contribution in [3.05, 3.63) is 111 Å². The highest BCUT2D eigenvalue weighted by Crippen LogP contribution is 2.38. The summed E-state index contributed by atoms with van der Waals surface area (Å²) in [4.78, 5) is 65.5. The molecule has 50 heavy (non-hydrogen) atoms. The Morgan fingerprint density at radius 1 is 0.960 bits per heavy atom. The van der Waals surface area contributed by atoms with E-state index in [9.17, 15) is 29.3 Å². The molecule has 16 heteroatoms. The van der Waals surface area contributed by atoms with Crippen molar-refractivity contribution in [3.8, 4) is 11.5 Å². The van der Waals surface area contributed by atoms with Gasteiger partial charge >= 0.3 is 11.3 Å². The molecule has 2 atom stereocenters. The van der Waals surface area contributed by atoms with Crippen molar-refractivity contribution >= 4 is 56.5 Å². The first-order valence-corrected chi connectivity index (χ1v) is 17.4. The van der Waals surface area contributed by atoms with Crippen molar-refractivity contribution < 1.29 is 43.0 Å². The number of nitrogens with one attached hydrogen (secondary N) is 1. The molecule has 2 bridgehead atoms. The number of benzene rings is 3. The number of halogens is 1. The minimum Gasteiger partial charge on any atom is -0.457 e. The number of thioether (sulfide) groups is 1. The Hall–Kier alpha value is -4.93. The van der Waals surface area contributed by atoms with E-state index >= 15 is 0 Å². The molecule has 3 aromatic carbocycles. The minimum atomic E-state index is -1.09. The predicted octanol–water partition coefficient (Wildman–Crippen LogP) is 5.11. The van der Waals surface area contributed by atoms with Crippen LogP contribution in [0.4, 0.5) is 10.5 Å². The lowest BCUT2D eigenvalue weighted by Crippen LogP contribution is -2.70. The van der Waals surface area contributed by atoms with Crippen LogP contribution in [0.3, 0.4) is 0 Å². The summed E-state index contributed by atoms with van der Waals surface area (Å²) in [6.07, 6.45) is 0. The number of nitrogens with zero attached hydrogens (tertiary/aromatic N) is 3. The van der Waals surface area contributed by atoms with Crippen molar-refractivity contribution in [2.75, 3.05) is 31.6 Å². The highest BCUT2D eigenvalue weighted by molar-refractivity contribution is 9.09. The van der Waals surface area contributed by atoms with Gasteiger partial charge in [0.1, 0.15) is 36.1 Å². The number of rotatable bonds is 11. The van der Waals surface area contributed by atoms with Gasteiger partial charge in [0, 0.05) is 43.5 Å². The summed E-state index contributed by atoms with van der Waals surface area (Å²) in [6.45, 7) is 2.69. The maximum atomic E-state index is 13.7. The number of fused-ring (bicyclic) bond motifs is 2. The predicted molar refractivity (Wildman–Crippen MR) is 185 cm³/mol. The molecule has 14 nitrogen and oxygen atoms in total. The summed E-state index contributed by atoms with van der Waals surface area (Å²) in [5.74, 6) is 0.0335. The van der Waals surface area contributed by atoms with Crippen LogP contribution in [0.25, 0.3) is 0 Å². The van der Waals surface area contributed by atoms with Crippen LogP contribution in [0.1, 0.15) is 18.1 Å². The number of nitro groups is 1. The Morgan fingerprint density at radius 2 is 1.58 bits per heavy atom. The molecule has 2 fully saturated rings. The molecule has 3 aromatic rings. The summed E-state index contributed by atoms with van der Waals surface area (Å²) in [5, 5.41) is 12.0. The molecule has 2 unspecified atom stereocenters. The molecule has 2 amide bonds. The minimum absolute atomic E-state index is 0.00144. The maximum Gasteiger partial charge on any atom is 0.369 e. The Labute approximate surface area is 299 Å². The molecule has 262 valence electrons. The van der Waals surface area contributed by atoms with Crippen LogP contribution >= 0.6 is 27.7 Å². The molecule has 4 aliphatic heterocycles. The van der Waals surface area contributed by atoms with Gasteiger partial charge in [-0.2, -0.15) is 0 Å². The number of carbonyl (C=O) groups is 4. The fourth-order valence-electron chi connectivity index (χ4n) is 5.12. The topological polar surface area (TPSA) is 167 Å². The first-order valence-electron chi connectivity index (χ1n) is 15.4. The zero-order chi connectivity index (χ0) is 35.6. The second-order valence-electron chi connectivity index (χ2n) is 11.0. The van der Waals surface area contributed by atoms with E-state index in [1.807, 2.05) is 47.4 Å².